The highest BCUT2D eigenvalue weighted by atomic mass is 32.2. The molecule has 2 fully saturated rings. The van der Waals surface area contributed by atoms with Gasteiger partial charge in [-0.05, 0) is 107 Å². The van der Waals surface area contributed by atoms with Gasteiger partial charge in [0.15, 0.2) is 0 Å². The molecule has 1 amide bonds. The van der Waals surface area contributed by atoms with Gasteiger partial charge < -0.3 is 19.1 Å². The quantitative estimate of drug-likeness (QED) is 0.413. The lowest BCUT2D eigenvalue weighted by atomic mass is 9.93. The van der Waals surface area contributed by atoms with E-state index in [1.807, 2.05) is 33.9 Å². The van der Waals surface area contributed by atoms with Crippen molar-refractivity contribution in [1.82, 2.24) is 14.4 Å². The summed E-state index contributed by atoms with van der Waals surface area (Å²) in [5, 5.41) is 0.881. The van der Waals surface area contributed by atoms with Crippen molar-refractivity contribution in [2.45, 2.75) is 57.4 Å². The lowest BCUT2D eigenvalue weighted by Crippen LogP contribution is -2.40. The summed E-state index contributed by atoms with van der Waals surface area (Å²) in [5.74, 6) is 1.38. The Morgan fingerprint density at radius 2 is 1.72 bits per heavy atom. The summed E-state index contributed by atoms with van der Waals surface area (Å²) >= 11 is 0. The normalized spacial score (nSPS) is 17.2. The molecule has 2 aliphatic rings. The molecule has 8 nitrogen and oxygen atoms in total. The maximum absolute atomic E-state index is 13.5. The first-order chi connectivity index (χ1) is 18.7. The number of rotatable bonds is 9. The number of amides is 1. The van der Waals surface area contributed by atoms with Crippen LogP contribution in [0.15, 0.2) is 47.5 Å². The maximum atomic E-state index is 13.5. The number of fused-ring (bicyclic) bond motifs is 1. The summed E-state index contributed by atoms with van der Waals surface area (Å²) in [6.07, 6.45) is 7.85. The highest BCUT2D eigenvalue weighted by molar-refractivity contribution is 7.92. The zero-order valence-corrected chi connectivity index (χ0v) is 24.1. The van der Waals surface area contributed by atoms with Crippen molar-refractivity contribution in [2.75, 3.05) is 44.6 Å². The molecular weight excluding hydrogens is 512 g/mol. The summed E-state index contributed by atoms with van der Waals surface area (Å²) in [7, 11) is -2.31. The van der Waals surface area contributed by atoms with Crippen LogP contribution in [0.25, 0.3) is 10.9 Å². The first-order valence-electron chi connectivity index (χ1n) is 14.0. The average molecular weight is 553 g/mol. The van der Waals surface area contributed by atoms with Gasteiger partial charge in [-0.1, -0.05) is 12.1 Å². The number of sulfonamides is 1. The van der Waals surface area contributed by atoms with Gasteiger partial charge in [0.2, 0.25) is 5.91 Å². The summed E-state index contributed by atoms with van der Waals surface area (Å²) in [6.45, 7) is 8.95. The standard InChI is InChI=1S/C30H40N4O4S/c1-22-19-26(38-3)20-23(2)30(22)39(36,37)31-27-8-6-7-25-12-18-34(29(25)27)21-28(35)33-16-10-24(11-17-33)9-15-32-13-4-5-14-32/h6-8,12,18-20,24,31H,4-5,9-11,13-17,21H2,1-3H3. The van der Waals surface area contributed by atoms with E-state index in [4.69, 9.17) is 4.74 Å². The van der Waals surface area contributed by atoms with Crippen LogP contribution in [0, 0.1) is 19.8 Å². The van der Waals surface area contributed by atoms with E-state index in [1.54, 1.807) is 39.2 Å². The molecule has 5 rings (SSSR count). The minimum absolute atomic E-state index is 0.0741. The zero-order valence-electron chi connectivity index (χ0n) is 23.3. The summed E-state index contributed by atoms with van der Waals surface area (Å²) in [4.78, 5) is 18.1. The number of piperidine rings is 1. The van der Waals surface area contributed by atoms with E-state index >= 15 is 0 Å². The average Bonchev–Trinajstić information content (AvgIpc) is 3.57. The van der Waals surface area contributed by atoms with Gasteiger partial charge in [-0.25, -0.2) is 8.42 Å². The van der Waals surface area contributed by atoms with Crippen LogP contribution in [0.1, 0.15) is 43.2 Å². The third-order valence-electron chi connectivity index (χ3n) is 8.30. The number of hydrogen-bond donors (Lipinski definition) is 1. The fourth-order valence-electron chi connectivity index (χ4n) is 6.21. The Hall–Kier alpha value is -3.04. The monoisotopic (exact) mass is 552 g/mol. The van der Waals surface area contributed by atoms with Gasteiger partial charge in [-0.15, -0.1) is 0 Å². The van der Waals surface area contributed by atoms with Gasteiger partial charge in [0.05, 0.1) is 23.2 Å². The molecule has 0 radical (unpaired) electrons. The molecule has 0 saturated carbocycles. The number of aryl methyl sites for hydroxylation is 2. The van der Waals surface area contributed by atoms with Crippen molar-refractivity contribution in [1.29, 1.82) is 0 Å². The molecule has 2 saturated heterocycles. The number of nitrogens with one attached hydrogen (secondary N) is 1. The Bertz CT molecular complexity index is 1410. The second-order valence-electron chi connectivity index (χ2n) is 11.0. The van der Waals surface area contributed by atoms with E-state index in [0.717, 1.165) is 31.3 Å². The van der Waals surface area contributed by atoms with Crippen LogP contribution < -0.4 is 9.46 Å². The van der Waals surface area contributed by atoms with Crippen molar-refractivity contribution in [3.63, 3.8) is 0 Å². The van der Waals surface area contributed by atoms with Gasteiger partial charge in [0, 0.05) is 24.7 Å². The molecule has 39 heavy (non-hydrogen) atoms. The summed E-state index contributed by atoms with van der Waals surface area (Å²) in [5.41, 5.74) is 2.39. The van der Waals surface area contributed by atoms with Crippen LogP contribution >= 0.6 is 0 Å². The summed E-state index contributed by atoms with van der Waals surface area (Å²) in [6, 6.07) is 10.9. The van der Waals surface area contributed by atoms with Crippen molar-refractivity contribution in [3.05, 3.63) is 53.7 Å². The summed E-state index contributed by atoms with van der Waals surface area (Å²) < 4.78 is 37.0. The van der Waals surface area contributed by atoms with Crippen LogP contribution in [-0.2, 0) is 21.4 Å². The fourth-order valence-corrected chi connectivity index (χ4v) is 7.73. The van der Waals surface area contributed by atoms with E-state index in [1.165, 1.54) is 38.9 Å². The van der Waals surface area contributed by atoms with E-state index in [-0.39, 0.29) is 17.3 Å². The number of carbonyl (C=O) groups is 1. The highest BCUT2D eigenvalue weighted by Gasteiger charge is 2.26. The number of hydrogen-bond acceptors (Lipinski definition) is 5. The Labute approximate surface area is 232 Å². The fraction of sp³-hybridized carbons (Fsp3) is 0.500. The lowest BCUT2D eigenvalue weighted by molar-refractivity contribution is -0.133. The first kappa shape index (κ1) is 27.5. The molecule has 9 heteroatoms. The lowest BCUT2D eigenvalue weighted by Gasteiger charge is -2.33. The van der Waals surface area contributed by atoms with E-state index in [0.29, 0.717) is 34.0 Å². The number of benzene rings is 2. The highest BCUT2D eigenvalue weighted by Crippen LogP contribution is 2.31. The molecule has 1 aromatic heterocycles. The molecule has 0 unspecified atom stereocenters. The van der Waals surface area contributed by atoms with Crippen molar-refractivity contribution >= 4 is 32.5 Å². The second kappa shape index (κ2) is 11.6. The minimum Gasteiger partial charge on any atom is -0.497 e. The predicted octanol–water partition coefficient (Wildman–Crippen LogP) is 4.79. The van der Waals surface area contributed by atoms with Crippen LogP contribution in [0.2, 0.25) is 0 Å². The van der Waals surface area contributed by atoms with Crippen LogP contribution in [0.3, 0.4) is 0 Å². The van der Waals surface area contributed by atoms with Crippen molar-refractivity contribution < 1.29 is 17.9 Å². The SMILES string of the molecule is COc1cc(C)c(S(=O)(=O)Nc2cccc3ccn(CC(=O)N4CCC(CCN5CCCC5)CC4)c23)c(C)c1. The number of likely N-dealkylation sites (tertiary alicyclic amines) is 2. The number of nitrogens with zero attached hydrogens (tertiary/aromatic N) is 3. The Morgan fingerprint density at radius 1 is 1.03 bits per heavy atom. The predicted molar refractivity (Wildman–Crippen MR) is 155 cm³/mol. The molecule has 0 bridgehead atoms. The van der Waals surface area contributed by atoms with E-state index in [9.17, 15) is 13.2 Å². The zero-order chi connectivity index (χ0) is 27.6. The molecule has 2 aromatic carbocycles. The van der Waals surface area contributed by atoms with Gasteiger partial charge in [-0.3, -0.25) is 9.52 Å². The second-order valence-corrected chi connectivity index (χ2v) is 12.7. The molecule has 3 heterocycles. The van der Waals surface area contributed by atoms with E-state index < -0.39 is 10.0 Å². The smallest absolute Gasteiger partial charge is 0.262 e. The topological polar surface area (TPSA) is 83.9 Å². The number of methoxy groups -OCH3 is 1. The van der Waals surface area contributed by atoms with Gasteiger partial charge in [-0.2, -0.15) is 0 Å². The molecule has 0 atom stereocenters. The molecule has 0 aliphatic carbocycles. The Morgan fingerprint density at radius 3 is 2.38 bits per heavy atom. The minimum atomic E-state index is -3.87. The molecule has 3 aromatic rings. The van der Waals surface area contributed by atoms with E-state index in [2.05, 4.69) is 9.62 Å². The Balaban J connectivity index is 1.28. The number of anilines is 1. The third-order valence-corrected chi connectivity index (χ3v) is 9.97. The van der Waals surface area contributed by atoms with Crippen LogP contribution in [0.4, 0.5) is 5.69 Å². The molecule has 1 N–H and O–H groups in total. The van der Waals surface area contributed by atoms with Gasteiger partial charge >= 0.3 is 0 Å². The maximum Gasteiger partial charge on any atom is 0.262 e. The largest absolute Gasteiger partial charge is 0.497 e. The molecule has 2 aliphatic heterocycles. The molecular formula is C30H40N4O4S. The van der Waals surface area contributed by atoms with Crippen LogP contribution in [-0.4, -0.2) is 68.5 Å². The van der Waals surface area contributed by atoms with Crippen molar-refractivity contribution in [3.8, 4) is 5.75 Å². The number of carbonyl (C=O) groups excluding carboxylic acids is 1. The first-order valence-corrected chi connectivity index (χ1v) is 15.5. The number of ether oxygens (including phenoxy) is 1. The van der Waals surface area contributed by atoms with Crippen LogP contribution in [0.5, 0.6) is 5.75 Å². The molecule has 0 spiro atoms. The Kier molecular flexibility index (Phi) is 8.19. The van der Waals surface area contributed by atoms with Gasteiger partial charge in [0.25, 0.3) is 10.0 Å². The van der Waals surface area contributed by atoms with Gasteiger partial charge in [0.1, 0.15) is 12.3 Å². The number of para-hydroxylation sites is 1. The third kappa shape index (κ3) is 6.09. The number of aromatic nitrogens is 1. The molecule has 210 valence electrons. The van der Waals surface area contributed by atoms with Crippen molar-refractivity contribution in [2.24, 2.45) is 5.92 Å².